The monoisotopic (exact) mass is 281 g/mol. The van der Waals surface area contributed by atoms with Crippen molar-refractivity contribution in [2.75, 3.05) is 11.1 Å². The molecule has 0 unspecified atom stereocenters. The lowest BCUT2D eigenvalue weighted by Gasteiger charge is -2.12. The summed E-state index contributed by atoms with van der Waals surface area (Å²) >= 11 is 0. The van der Waals surface area contributed by atoms with E-state index in [1.165, 1.54) is 18.2 Å². The molecule has 7 heteroatoms. The van der Waals surface area contributed by atoms with Crippen molar-refractivity contribution in [1.29, 1.82) is 0 Å². The minimum absolute atomic E-state index is 0.0101. The molecule has 0 radical (unpaired) electrons. The highest BCUT2D eigenvalue weighted by molar-refractivity contribution is 6.01. The SMILES string of the molecule is NC(=O)c1cccc(Nc2ccc(F)c(F)c2F)c1N. The first-order chi connectivity index (χ1) is 9.41. The fourth-order valence-electron chi connectivity index (χ4n) is 1.66. The molecule has 20 heavy (non-hydrogen) atoms. The van der Waals surface area contributed by atoms with Crippen LogP contribution in [0.15, 0.2) is 30.3 Å². The van der Waals surface area contributed by atoms with Gasteiger partial charge in [-0.05, 0) is 24.3 Å². The van der Waals surface area contributed by atoms with Crippen molar-refractivity contribution < 1.29 is 18.0 Å². The van der Waals surface area contributed by atoms with E-state index in [-0.39, 0.29) is 22.6 Å². The number of halogens is 3. The minimum atomic E-state index is -1.60. The van der Waals surface area contributed by atoms with Gasteiger partial charge in [0.1, 0.15) is 0 Å². The van der Waals surface area contributed by atoms with Gasteiger partial charge in [-0.15, -0.1) is 0 Å². The zero-order valence-electron chi connectivity index (χ0n) is 10.1. The number of nitrogens with one attached hydrogen (secondary N) is 1. The Morgan fingerprint density at radius 2 is 1.70 bits per heavy atom. The summed E-state index contributed by atoms with van der Waals surface area (Å²) < 4.78 is 39.5. The van der Waals surface area contributed by atoms with Gasteiger partial charge in [-0.3, -0.25) is 4.79 Å². The maximum Gasteiger partial charge on any atom is 0.250 e. The lowest BCUT2D eigenvalue weighted by Crippen LogP contribution is -2.14. The predicted molar refractivity (Wildman–Crippen MR) is 69.0 cm³/mol. The Hall–Kier alpha value is -2.70. The van der Waals surface area contributed by atoms with E-state index in [0.717, 1.165) is 12.1 Å². The van der Waals surface area contributed by atoms with Crippen molar-refractivity contribution in [2.45, 2.75) is 0 Å². The van der Waals surface area contributed by atoms with Crippen LogP contribution >= 0.6 is 0 Å². The summed E-state index contributed by atoms with van der Waals surface area (Å²) in [5.41, 5.74) is 10.7. The molecule has 0 spiro atoms. The number of rotatable bonds is 3. The number of hydrogen-bond acceptors (Lipinski definition) is 3. The van der Waals surface area contributed by atoms with Gasteiger partial charge in [-0.1, -0.05) is 6.07 Å². The lowest BCUT2D eigenvalue weighted by molar-refractivity contribution is 0.100. The van der Waals surface area contributed by atoms with Gasteiger partial charge < -0.3 is 16.8 Å². The molecule has 5 N–H and O–H groups in total. The second kappa shape index (κ2) is 5.12. The molecule has 0 fully saturated rings. The van der Waals surface area contributed by atoms with Gasteiger partial charge in [-0.25, -0.2) is 13.2 Å². The molecule has 0 heterocycles. The van der Waals surface area contributed by atoms with E-state index < -0.39 is 23.4 Å². The van der Waals surface area contributed by atoms with Crippen LogP contribution in [-0.2, 0) is 0 Å². The van der Waals surface area contributed by atoms with E-state index in [2.05, 4.69) is 5.32 Å². The highest BCUT2D eigenvalue weighted by atomic mass is 19.2. The molecule has 0 atom stereocenters. The topological polar surface area (TPSA) is 81.1 Å². The molecule has 2 rings (SSSR count). The zero-order chi connectivity index (χ0) is 14.9. The normalized spacial score (nSPS) is 10.3. The highest BCUT2D eigenvalue weighted by Gasteiger charge is 2.15. The molecule has 2 aromatic carbocycles. The molecule has 0 saturated heterocycles. The van der Waals surface area contributed by atoms with Gasteiger partial charge in [0.25, 0.3) is 5.91 Å². The predicted octanol–water partition coefficient (Wildman–Crippen LogP) is 2.53. The van der Waals surface area contributed by atoms with E-state index in [1.807, 2.05) is 0 Å². The second-order valence-corrected chi connectivity index (χ2v) is 3.98. The standard InChI is InChI=1S/C13H10F3N3O/c14-7-4-5-8(11(16)10(7)15)19-9-3-1-2-6(12(9)17)13(18)20/h1-5,19H,17H2,(H2,18,20). The summed E-state index contributed by atoms with van der Waals surface area (Å²) in [4.78, 5) is 11.1. The molecule has 0 bridgehead atoms. The summed E-state index contributed by atoms with van der Waals surface area (Å²) in [6.07, 6.45) is 0. The number of anilines is 3. The Morgan fingerprint density at radius 1 is 1.00 bits per heavy atom. The Labute approximate surface area is 112 Å². The van der Waals surface area contributed by atoms with Crippen LogP contribution in [0.3, 0.4) is 0 Å². The molecule has 0 aliphatic rings. The van der Waals surface area contributed by atoms with Crippen LogP contribution in [0.4, 0.5) is 30.2 Å². The fourth-order valence-corrected chi connectivity index (χ4v) is 1.66. The van der Waals surface area contributed by atoms with Gasteiger partial charge in [0.05, 0.1) is 22.6 Å². The van der Waals surface area contributed by atoms with Gasteiger partial charge in [0.2, 0.25) is 0 Å². The van der Waals surface area contributed by atoms with Crippen molar-refractivity contribution in [3.8, 4) is 0 Å². The first-order valence-corrected chi connectivity index (χ1v) is 5.50. The summed E-state index contributed by atoms with van der Waals surface area (Å²) in [6, 6.07) is 6.10. The first kappa shape index (κ1) is 13.7. The third kappa shape index (κ3) is 2.37. The number of carbonyl (C=O) groups excluding carboxylic acids is 1. The number of nitrogen functional groups attached to an aromatic ring is 1. The number of carbonyl (C=O) groups is 1. The first-order valence-electron chi connectivity index (χ1n) is 5.50. The van der Waals surface area contributed by atoms with Crippen LogP contribution in [0.2, 0.25) is 0 Å². The average molecular weight is 281 g/mol. The molecular formula is C13H10F3N3O. The Balaban J connectivity index is 2.43. The quantitative estimate of drug-likeness (QED) is 0.597. The molecule has 1 amide bonds. The van der Waals surface area contributed by atoms with E-state index in [1.54, 1.807) is 0 Å². The van der Waals surface area contributed by atoms with Gasteiger partial charge in [-0.2, -0.15) is 0 Å². The van der Waals surface area contributed by atoms with Gasteiger partial charge >= 0.3 is 0 Å². The third-order valence-electron chi connectivity index (χ3n) is 2.68. The lowest BCUT2D eigenvalue weighted by atomic mass is 10.1. The number of primary amides is 1. The highest BCUT2D eigenvalue weighted by Crippen LogP contribution is 2.28. The van der Waals surface area contributed by atoms with Crippen LogP contribution in [-0.4, -0.2) is 5.91 Å². The fraction of sp³-hybridized carbons (Fsp3) is 0. The zero-order valence-corrected chi connectivity index (χ0v) is 10.1. The summed E-state index contributed by atoms with van der Waals surface area (Å²) in [6.45, 7) is 0. The number of para-hydroxylation sites is 1. The van der Waals surface area contributed by atoms with Crippen LogP contribution in [0.5, 0.6) is 0 Å². The van der Waals surface area contributed by atoms with Crippen molar-refractivity contribution in [3.05, 3.63) is 53.3 Å². The van der Waals surface area contributed by atoms with Gasteiger partial charge in [0.15, 0.2) is 17.5 Å². The van der Waals surface area contributed by atoms with Gasteiger partial charge in [0, 0.05) is 0 Å². The van der Waals surface area contributed by atoms with Crippen LogP contribution in [0, 0.1) is 17.5 Å². The summed E-state index contributed by atoms with van der Waals surface area (Å²) in [5, 5.41) is 2.49. The van der Waals surface area contributed by atoms with Crippen LogP contribution in [0.25, 0.3) is 0 Å². The number of hydrogen-bond donors (Lipinski definition) is 3. The number of nitrogens with two attached hydrogens (primary N) is 2. The van der Waals surface area contributed by atoms with E-state index >= 15 is 0 Å². The molecule has 0 aromatic heterocycles. The molecule has 0 aliphatic heterocycles. The number of benzene rings is 2. The average Bonchev–Trinajstić information content (AvgIpc) is 2.41. The number of amides is 1. The van der Waals surface area contributed by atoms with Crippen LogP contribution < -0.4 is 16.8 Å². The van der Waals surface area contributed by atoms with Crippen molar-refractivity contribution in [3.63, 3.8) is 0 Å². The minimum Gasteiger partial charge on any atom is -0.396 e. The molecular weight excluding hydrogens is 271 g/mol. The van der Waals surface area contributed by atoms with E-state index in [4.69, 9.17) is 11.5 Å². The molecule has 2 aromatic rings. The maximum atomic E-state index is 13.5. The van der Waals surface area contributed by atoms with Crippen molar-refractivity contribution in [1.82, 2.24) is 0 Å². The van der Waals surface area contributed by atoms with Crippen molar-refractivity contribution >= 4 is 23.0 Å². The van der Waals surface area contributed by atoms with E-state index in [0.29, 0.717) is 0 Å². The summed E-state index contributed by atoms with van der Waals surface area (Å²) in [5.74, 6) is -5.03. The third-order valence-corrected chi connectivity index (χ3v) is 2.68. The molecule has 104 valence electrons. The Morgan fingerprint density at radius 3 is 2.35 bits per heavy atom. The smallest absolute Gasteiger partial charge is 0.250 e. The molecule has 0 saturated carbocycles. The van der Waals surface area contributed by atoms with Crippen LogP contribution in [0.1, 0.15) is 10.4 Å². The second-order valence-electron chi connectivity index (χ2n) is 3.98. The Bertz CT molecular complexity index is 689. The van der Waals surface area contributed by atoms with E-state index in [9.17, 15) is 18.0 Å². The maximum absolute atomic E-state index is 13.5. The largest absolute Gasteiger partial charge is 0.396 e. The Kier molecular flexibility index (Phi) is 3.51. The molecule has 0 aliphatic carbocycles. The summed E-state index contributed by atoms with van der Waals surface area (Å²) in [7, 11) is 0. The van der Waals surface area contributed by atoms with Crippen molar-refractivity contribution in [2.24, 2.45) is 5.73 Å². The molecule has 4 nitrogen and oxygen atoms in total.